The van der Waals surface area contributed by atoms with Gasteiger partial charge in [-0.15, -0.1) is 0 Å². The van der Waals surface area contributed by atoms with Crippen molar-refractivity contribution in [3.05, 3.63) is 35.6 Å². The molecule has 1 heterocycles. The smallest absolute Gasteiger partial charge is 0.135 e. The highest BCUT2D eigenvalue weighted by Gasteiger charge is 2.19. The highest BCUT2D eigenvalue weighted by molar-refractivity contribution is 5.82. The van der Waals surface area contributed by atoms with E-state index >= 15 is 0 Å². The Morgan fingerprint density at radius 1 is 1.19 bits per heavy atom. The highest BCUT2D eigenvalue weighted by atomic mass is 16.5. The first kappa shape index (κ1) is 16.1. The zero-order chi connectivity index (χ0) is 15.3. The van der Waals surface area contributed by atoms with Crippen molar-refractivity contribution in [3.63, 3.8) is 0 Å². The third kappa shape index (κ3) is 4.08. The molecule has 21 heavy (non-hydrogen) atoms. The maximum atomic E-state index is 6.02. The molecule has 1 aromatic heterocycles. The lowest BCUT2D eigenvalue weighted by Gasteiger charge is -2.23. The van der Waals surface area contributed by atoms with Gasteiger partial charge in [0, 0.05) is 17.5 Å². The van der Waals surface area contributed by atoms with Crippen LogP contribution in [0.5, 0.6) is 0 Å². The predicted molar refractivity (Wildman–Crippen MR) is 87.4 cm³/mol. The monoisotopic (exact) mass is 289 g/mol. The first-order chi connectivity index (χ1) is 10.1. The molecule has 0 aliphatic rings. The summed E-state index contributed by atoms with van der Waals surface area (Å²) in [5.41, 5.74) is 2.05. The van der Waals surface area contributed by atoms with Gasteiger partial charge in [0.25, 0.3) is 0 Å². The summed E-state index contributed by atoms with van der Waals surface area (Å²) < 4.78 is 12.0. The van der Waals surface area contributed by atoms with Crippen LogP contribution in [0.1, 0.15) is 51.9 Å². The molecule has 0 fully saturated rings. The summed E-state index contributed by atoms with van der Waals surface area (Å²) in [4.78, 5) is 0. The zero-order valence-corrected chi connectivity index (χ0v) is 13.7. The van der Waals surface area contributed by atoms with Gasteiger partial charge in [0.15, 0.2) is 0 Å². The Kier molecular flexibility index (Phi) is 5.43. The second-order valence-corrected chi connectivity index (χ2v) is 6.08. The molecule has 0 aliphatic carbocycles. The Labute approximate surface area is 127 Å². The molecule has 3 heteroatoms. The number of nitrogens with one attached hydrogen (secondary N) is 1. The van der Waals surface area contributed by atoms with Crippen LogP contribution in [-0.4, -0.2) is 12.1 Å². The fourth-order valence-corrected chi connectivity index (χ4v) is 2.21. The number of hydrogen-bond donors (Lipinski definition) is 1. The van der Waals surface area contributed by atoms with Crippen molar-refractivity contribution in [2.45, 2.75) is 59.3 Å². The first-order valence-electron chi connectivity index (χ1n) is 7.91. The van der Waals surface area contributed by atoms with Crippen LogP contribution < -0.4 is 5.32 Å². The molecular weight excluding hydrogens is 262 g/mol. The van der Waals surface area contributed by atoms with Gasteiger partial charge in [-0.3, -0.25) is 0 Å². The van der Waals surface area contributed by atoms with E-state index in [-0.39, 0.29) is 5.60 Å². The molecule has 0 atom stereocenters. The van der Waals surface area contributed by atoms with Crippen molar-refractivity contribution in [2.75, 3.05) is 6.54 Å². The second-order valence-electron chi connectivity index (χ2n) is 6.08. The normalized spacial score (nSPS) is 12.2. The van der Waals surface area contributed by atoms with E-state index in [1.165, 1.54) is 10.9 Å². The van der Waals surface area contributed by atoms with Crippen LogP contribution in [0.4, 0.5) is 0 Å². The second kappa shape index (κ2) is 7.10. The fourth-order valence-electron chi connectivity index (χ4n) is 2.21. The summed E-state index contributed by atoms with van der Waals surface area (Å²) in [6, 6.07) is 8.21. The maximum Gasteiger partial charge on any atom is 0.135 e. The molecule has 0 spiro atoms. The molecule has 0 aliphatic heterocycles. The summed E-state index contributed by atoms with van der Waals surface area (Å²) in [7, 11) is 0. The number of rotatable bonds is 8. The van der Waals surface area contributed by atoms with Crippen molar-refractivity contribution in [3.8, 4) is 0 Å². The number of furan rings is 1. The van der Waals surface area contributed by atoms with E-state index in [2.05, 4.69) is 45.1 Å². The highest BCUT2D eigenvalue weighted by Crippen LogP contribution is 2.28. The molecule has 0 amide bonds. The fraction of sp³-hybridized carbons (Fsp3) is 0.556. The first-order valence-corrected chi connectivity index (χ1v) is 7.91. The SMILES string of the molecule is CCCNCc1c(COC(C)(C)CC)oc2ccccc12. The summed E-state index contributed by atoms with van der Waals surface area (Å²) in [6.07, 6.45) is 2.11. The molecule has 1 aromatic carbocycles. The van der Waals surface area contributed by atoms with E-state index in [9.17, 15) is 0 Å². The molecule has 0 radical (unpaired) electrons. The lowest BCUT2D eigenvalue weighted by atomic mass is 10.1. The van der Waals surface area contributed by atoms with Gasteiger partial charge in [-0.05, 0) is 39.3 Å². The number of benzene rings is 1. The van der Waals surface area contributed by atoms with Crippen LogP contribution in [0.15, 0.2) is 28.7 Å². The minimum atomic E-state index is -0.118. The third-order valence-electron chi connectivity index (χ3n) is 3.96. The van der Waals surface area contributed by atoms with Crippen molar-refractivity contribution >= 4 is 11.0 Å². The van der Waals surface area contributed by atoms with Crippen LogP contribution in [-0.2, 0) is 17.9 Å². The Bertz CT molecular complexity index is 572. The number of fused-ring (bicyclic) bond motifs is 1. The van der Waals surface area contributed by atoms with Gasteiger partial charge in [0.1, 0.15) is 18.0 Å². The minimum Gasteiger partial charge on any atom is -0.458 e. The molecule has 2 rings (SSSR count). The lowest BCUT2D eigenvalue weighted by molar-refractivity contribution is -0.0383. The Morgan fingerprint density at radius 3 is 2.67 bits per heavy atom. The van der Waals surface area contributed by atoms with Crippen LogP contribution in [0.3, 0.4) is 0 Å². The largest absolute Gasteiger partial charge is 0.458 e. The number of para-hydroxylation sites is 1. The third-order valence-corrected chi connectivity index (χ3v) is 3.96. The van der Waals surface area contributed by atoms with E-state index in [4.69, 9.17) is 9.15 Å². The van der Waals surface area contributed by atoms with Crippen LogP contribution >= 0.6 is 0 Å². The summed E-state index contributed by atoms with van der Waals surface area (Å²) in [6.45, 7) is 10.9. The summed E-state index contributed by atoms with van der Waals surface area (Å²) in [5, 5.41) is 4.65. The topological polar surface area (TPSA) is 34.4 Å². The number of ether oxygens (including phenoxy) is 1. The van der Waals surface area contributed by atoms with E-state index in [1.807, 2.05) is 12.1 Å². The van der Waals surface area contributed by atoms with Crippen LogP contribution in [0, 0.1) is 0 Å². The molecule has 0 unspecified atom stereocenters. The van der Waals surface area contributed by atoms with Gasteiger partial charge >= 0.3 is 0 Å². The van der Waals surface area contributed by atoms with E-state index in [0.717, 1.165) is 37.3 Å². The average Bonchev–Trinajstić information content (AvgIpc) is 2.84. The minimum absolute atomic E-state index is 0.118. The van der Waals surface area contributed by atoms with Gasteiger partial charge in [-0.2, -0.15) is 0 Å². The van der Waals surface area contributed by atoms with E-state index < -0.39 is 0 Å². The standard InChI is InChI=1S/C18H27NO2/c1-5-11-19-12-15-14-9-7-8-10-16(14)21-17(15)13-20-18(3,4)6-2/h7-10,19H,5-6,11-13H2,1-4H3. The number of hydrogen-bond acceptors (Lipinski definition) is 3. The molecule has 0 saturated heterocycles. The molecule has 3 nitrogen and oxygen atoms in total. The van der Waals surface area contributed by atoms with E-state index in [0.29, 0.717) is 6.61 Å². The lowest BCUT2D eigenvalue weighted by Crippen LogP contribution is -2.23. The molecule has 2 aromatic rings. The summed E-state index contributed by atoms with van der Waals surface area (Å²) in [5.74, 6) is 0.946. The zero-order valence-electron chi connectivity index (χ0n) is 13.7. The molecule has 1 N–H and O–H groups in total. The summed E-state index contributed by atoms with van der Waals surface area (Å²) >= 11 is 0. The van der Waals surface area contributed by atoms with Crippen molar-refractivity contribution in [1.29, 1.82) is 0 Å². The molecule has 0 saturated carbocycles. The van der Waals surface area contributed by atoms with Gasteiger partial charge < -0.3 is 14.5 Å². The van der Waals surface area contributed by atoms with Gasteiger partial charge in [-0.25, -0.2) is 0 Å². The van der Waals surface area contributed by atoms with Gasteiger partial charge in [0.05, 0.1) is 5.60 Å². The quantitative estimate of drug-likeness (QED) is 0.719. The molecule has 116 valence electrons. The van der Waals surface area contributed by atoms with Crippen LogP contribution in [0.25, 0.3) is 11.0 Å². The van der Waals surface area contributed by atoms with Crippen molar-refractivity contribution in [2.24, 2.45) is 0 Å². The maximum absolute atomic E-state index is 6.02. The molecular formula is C18H27NO2. The Hall–Kier alpha value is -1.32. The average molecular weight is 289 g/mol. The molecule has 0 bridgehead atoms. The van der Waals surface area contributed by atoms with Gasteiger partial charge in [-0.1, -0.05) is 32.0 Å². The van der Waals surface area contributed by atoms with Crippen molar-refractivity contribution < 1.29 is 9.15 Å². The van der Waals surface area contributed by atoms with Crippen LogP contribution in [0.2, 0.25) is 0 Å². The predicted octanol–water partition coefficient (Wildman–Crippen LogP) is 4.64. The Balaban J connectivity index is 2.22. The Morgan fingerprint density at radius 2 is 1.95 bits per heavy atom. The van der Waals surface area contributed by atoms with E-state index in [1.54, 1.807) is 0 Å². The van der Waals surface area contributed by atoms with Gasteiger partial charge in [0.2, 0.25) is 0 Å². The van der Waals surface area contributed by atoms with Crippen molar-refractivity contribution in [1.82, 2.24) is 5.32 Å².